The van der Waals surface area contributed by atoms with Crippen LogP contribution >= 0.6 is 11.3 Å². The molecule has 0 N–H and O–H groups in total. The SMILES string of the molecule is CCOC(=O)c1csc(C2CC3CCC2O3)n1. The van der Waals surface area contributed by atoms with Gasteiger partial charge < -0.3 is 9.47 Å². The lowest BCUT2D eigenvalue weighted by molar-refractivity contribution is 0.0519. The number of esters is 1. The molecule has 1 aromatic heterocycles. The summed E-state index contributed by atoms with van der Waals surface area (Å²) in [6, 6.07) is 0. The van der Waals surface area contributed by atoms with Gasteiger partial charge in [0.2, 0.25) is 0 Å². The molecule has 2 saturated heterocycles. The smallest absolute Gasteiger partial charge is 0.357 e. The Morgan fingerprint density at radius 1 is 1.65 bits per heavy atom. The Morgan fingerprint density at radius 2 is 2.53 bits per heavy atom. The number of hydrogen-bond donors (Lipinski definition) is 0. The number of nitrogens with zero attached hydrogens (tertiary/aromatic N) is 1. The van der Waals surface area contributed by atoms with E-state index in [9.17, 15) is 4.79 Å². The van der Waals surface area contributed by atoms with Gasteiger partial charge in [-0.1, -0.05) is 0 Å². The third-order valence-corrected chi connectivity index (χ3v) is 4.41. The van der Waals surface area contributed by atoms with Gasteiger partial charge in [-0.15, -0.1) is 11.3 Å². The van der Waals surface area contributed by atoms with E-state index in [1.54, 1.807) is 23.6 Å². The lowest BCUT2D eigenvalue weighted by Gasteiger charge is -2.15. The van der Waals surface area contributed by atoms with Crippen LogP contribution in [0.25, 0.3) is 0 Å². The van der Waals surface area contributed by atoms with E-state index in [0.29, 0.717) is 30.4 Å². The van der Waals surface area contributed by atoms with Crippen molar-refractivity contribution in [2.45, 2.75) is 44.3 Å². The van der Waals surface area contributed by atoms with Crippen LogP contribution in [0.4, 0.5) is 0 Å². The Bertz CT molecular complexity index is 431. The lowest BCUT2D eigenvalue weighted by atomic mass is 9.90. The lowest BCUT2D eigenvalue weighted by Crippen LogP contribution is -2.14. The van der Waals surface area contributed by atoms with Crippen LogP contribution in [-0.2, 0) is 9.47 Å². The summed E-state index contributed by atoms with van der Waals surface area (Å²) in [4.78, 5) is 15.9. The van der Waals surface area contributed by atoms with Gasteiger partial charge in [0.1, 0.15) is 0 Å². The number of rotatable bonds is 3. The second-order valence-electron chi connectivity index (χ2n) is 4.51. The van der Waals surface area contributed by atoms with Gasteiger partial charge in [-0.3, -0.25) is 0 Å². The molecule has 3 heterocycles. The molecule has 3 unspecified atom stereocenters. The van der Waals surface area contributed by atoms with Crippen LogP contribution in [0.2, 0.25) is 0 Å². The second-order valence-corrected chi connectivity index (χ2v) is 5.40. The molecule has 0 amide bonds. The van der Waals surface area contributed by atoms with E-state index in [-0.39, 0.29) is 5.97 Å². The first kappa shape index (κ1) is 11.2. The van der Waals surface area contributed by atoms with E-state index in [1.165, 1.54) is 6.42 Å². The average Bonchev–Trinajstić information content (AvgIpc) is 3.05. The maximum atomic E-state index is 11.5. The van der Waals surface area contributed by atoms with Crippen molar-refractivity contribution in [2.75, 3.05) is 6.61 Å². The standard InChI is InChI=1S/C12H15NO3S/c1-2-15-12(14)9-6-17-11(13-9)8-5-7-3-4-10(8)16-7/h6-8,10H,2-5H2,1H3. The fourth-order valence-corrected chi connectivity index (χ4v) is 3.61. The molecule has 1 aromatic rings. The van der Waals surface area contributed by atoms with E-state index in [2.05, 4.69) is 4.98 Å². The van der Waals surface area contributed by atoms with Crippen molar-refractivity contribution in [2.24, 2.45) is 0 Å². The summed E-state index contributed by atoms with van der Waals surface area (Å²) in [7, 11) is 0. The Morgan fingerprint density at radius 3 is 3.18 bits per heavy atom. The van der Waals surface area contributed by atoms with Crippen LogP contribution in [0.3, 0.4) is 0 Å². The largest absolute Gasteiger partial charge is 0.461 e. The fourth-order valence-electron chi connectivity index (χ4n) is 2.65. The molecule has 0 saturated carbocycles. The monoisotopic (exact) mass is 253 g/mol. The second kappa shape index (κ2) is 4.38. The number of ether oxygens (including phenoxy) is 2. The van der Waals surface area contributed by atoms with Gasteiger partial charge in [0.15, 0.2) is 5.69 Å². The van der Waals surface area contributed by atoms with E-state index >= 15 is 0 Å². The van der Waals surface area contributed by atoms with Crippen LogP contribution in [0.1, 0.15) is 47.6 Å². The predicted octanol–water partition coefficient (Wildman–Crippen LogP) is 2.35. The maximum absolute atomic E-state index is 11.5. The van der Waals surface area contributed by atoms with Crippen LogP contribution in [0, 0.1) is 0 Å². The van der Waals surface area contributed by atoms with E-state index in [1.807, 2.05) is 0 Å². The van der Waals surface area contributed by atoms with Crippen LogP contribution in [-0.4, -0.2) is 29.8 Å². The minimum atomic E-state index is -0.320. The summed E-state index contributed by atoms with van der Waals surface area (Å²) < 4.78 is 10.7. The van der Waals surface area contributed by atoms with Gasteiger partial charge in [0.05, 0.1) is 23.8 Å². The number of thiazole rings is 1. The van der Waals surface area contributed by atoms with Crippen molar-refractivity contribution in [1.29, 1.82) is 0 Å². The van der Waals surface area contributed by atoms with Crippen molar-refractivity contribution >= 4 is 17.3 Å². The molecule has 17 heavy (non-hydrogen) atoms. The topological polar surface area (TPSA) is 48.4 Å². The minimum Gasteiger partial charge on any atom is -0.461 e. The summed E-state index contributed by atoms with van der Waals surface area (Å²) in [6.07, 6.45) is 4.10. The van der Waals surface area contributed by atoms with Gasteiger partial charge in [-0.2, -0.15) is 0 Å². The first-order chi connectivity index (χ1) is 8.28. The molecule has 92 valence electrons. The normalized spacial score (nSPS) is 30.8. The molecule has 3 atom stereocenters. The number of carbonyl (C=O) groups excluding carboxylic acids is 1. The number of carbonyl (C=O) groups is 1. The molecule has 4 nitrogen and oxygen atoms in total. The Hall–Kier alpha value is -0.940. The van der Waals surface area contributed by atoms with Crippen LogP contribution in [0.5, 0.6) is 0 Å². The number of fused-ring (bicyclic) bond motifs is 2. The molecular formula is C12H15NO3S. The molecule has 0 aromatic carbocycles. The third kappa shape index (κ3) is 1.98. The molecule has 0 spiro atoms. The summed E-state index contributed by atoms with van der Waals surface area (Å²) >= 11 is 1.55. The van der Waals surface area contributed by atoms with Crippen LogP contribution < -0.4 is 0 Å². The summed E-state index contributed by atoms with van der Waals surface area (Å²) in [5.74, 6) is 0.0704. The first-order valence-corrected chi connectivity index (χ1v) is 6.94. The molecule has 0 aliphatic carbocycles. The molecule has 2 aliphatic heterocycles. The zero-order valence-electron chi connectivity index (χ0n) is 9.72. The van der Waals surface area contributed by atoms with Gasteiger partial charge in [0.25, 0.3) is 0 Å². The third-order valence-electron chi connectivity index (χ3n) is 3.43. The number of hydrogen-bond acceptors (Lipinski definition) is 5. The minimum absolute atomic E-state index is 0.320. The molecule has 5 heteroatoms. The molecule has 2 aliphatic rings. The van der Waals surface area contributed by atoms with Gasteiger partial charge in [-0.25, -0.2) is 9.78 Å². The fraction of sp³-hybridized carbons (Fsp3) is 0.667. The molecule has 2 bridgehead atoms. The summed E-state index contributed by atoms with van der Waals surface area (Å²) in [6.45, 7) is 2.19. The van der Waals surface area contributed by atoms with Gasteiger partial charge in [0, 0.05) is 11.3 Å². The zero-order valence-corrected chi connectivity index (χ0v) is 10.5. The van der Waals surface area contributed by atoms with Crippen molar-refractivity contribution in [3.63, 3.8) is 0 Å². The van der Waals surface area contributed by atoms with Crippen molar-refractivity contribution in [1.82, 2.24) is 4.98 Å². The first-order valence-electron chi connectivity index (χ1n) is 6.06. The highest BCUT2D eigenvalue weighted by molar-refractivity contribution is 7.09. The van der Waals surface area contributed by atoms with Crippen molar-refractivity contribution in [3.8, 4) is 0 Å². The van der Waals surface area contributed by atoms with Crippen molar-refractivity contribution < 1.29 is 14.3 Å². The van der Waals surface area contributed by atoms with Crippen molar-refractivity contribution in [3.05, 3.63) is 16.1 Å². The molecule has 2 fully saturated rings. The molecular weight excluding hydrogens is 238 g/mol. The quantitative estimate of drug-likeness (QED) is 0.776. The molecule has 3 rings (SSSR count). The Balaban J connectivity index is 1.74. The van der Waals surface area contributed by atoms with E-state index < -0.39 is 0 Å². The van der Waals surface area contributed by atoms with E-state index in [0.717, 1.165) is 17.8 Å². The number of aromatic nitrogens is 1. The van der Waals surface area contributed by atoms with E-state index in [4.69, 9.17) is 9.47 Å². The van der Waals surface area contributed by atoms with Gasteiger partial charge in [-0.05, 0) is 26.2 Å². The van der Waals surface area contributed by atoms with Gasteiger partial charge >= 0.3 is 5.97 Å². The van der Waals surface area contributed by atoms with Crippen LogP contribution in [0.15, 0.2) is 5.38 Å². The Labute approximate surface area is 104 Å². The summed E-state index contributed by atoms with van der Waals surface area (Å²) in [5.41, 5.74) is 0.439. The predicted molar refractivity (Wildman–Crippen MR) is 63.3 cm³/mol. The highest BCUT2D eigenvalue weighted by Crippen LogP contribution is 2.45. The molecule has 0 radical (unpaired) electrons. The average molecular weight is 253 g/mol. The Kier molecular flexibility index (Phi) is 2.88. The zero-order chi connectivity index (χ0) is 11.8. The highest BCUT2D eigenvalue weighted by Gasteiger charge is 2.42. The maximum Gasteiger partial charge on any atom is 0.357 e. The highest BCUT2D eigenvalue weighted by atomic mass is 32.1. The summed E-state index contributed by atoms with van der Waals surface area (Å²) in [5, 5.41) is 2.82.